The molecule has 0 radical (unpaired) electrons. The van der Waals surface area contributed by atoms with Gasteiger partial charge in [0, 0.05) is 59.7 Å². The third-order valence-electron chi connectivity index (χ3n) is 8.78. The van der Waals surface area contributed by atoms with Gasteiger partial charge in [-0.1, -0.05) is 23.9 Å². The summed E-state index contributed by atoms with van der Waals surface area (Å²) in [5.41, 5.74) is -3.80. The van der Waals surface area contributed by atoms with Crippen molar-refractivity contribution in [2.45, 2.75) is 72.8 Å². The molecule has 14 heteroatoms. The van der Waals surface area contributed by atoms with Gasteiger partial charge < -0.3 is 25.0 Å². The lowest BCUT2D eigenvalue weighted by atomic mass is 9.86. The molecule has 2 saturated heterocycles. The fourth-order valence-corrected chi connectivity index (χ4v) is 7.34. The lowest BCUT2D eigenvalue weighted by molar-refractivity contribution is -0.163. The van der Waals surface area contributed by atoms with E-state index in [1.54, 1.807) is 18.2 Å². The van der Waals surface area contributed by atoms with Crippen LogP contribution in [0.5, 0.6) is 0 Å². The van der Waals surface area contributed by atoms with Crippen LogP contribution in [0.25, 0.3) is 6.08 Å². The predicted octanol–water partition coefficient (Wildman–Crippen LogP) is 6.70. The molecule has 256 valence electrons. The van der Waals surface area contributed by atoms with Crippen LogP contribution in [0.3, 0.4) is 0 Å². The van der Waals surface area contributed by atoms with Gasteiger partial charge in [0.05, 0.1) is 30.4 Å². The third-order valence-corrected chi connectivity index (χ3v) is 9.83. The minimum Gasteiger partial charge on any atom is -0.393 e. The Bertz CT molecular complexity index is 1440. The molecule has 47 heavy (non-hydrogen) atoms. The molecule has 2 aromatic rings. The number of rotatable bonds is 7. The summed E-state index contributed by atoms with van der Waals surface area (Å²) in [5, 5.41) is 13.1. The first-order valence-electron chi connectivity index (χ1n) is 15.7. The molecule has 5 rings (SSSR count). The molecular formula is C33H37F6N3O4S. The lowest BCUT2D eigenvalue weighted by Crippen LogP contribution is -2.45. The van der Waals surface area contributed by atoms with E-state index in [0.29, 0.717) is 74.0 Å². The molecule has 1 aliphatic carbocycles. The number of aliphatic hydroxyl groups excluding tert-OH is 1. The van der Waals surface area contributed by atoms with E-state index >= 15 is 0 Å². The zero-order valence-corrected chi connectivity index (χ0v) is 26.4. The number of ether oxygens (including phenoxy) is 1. The van der Waals surface area contributed by atoms with E-state index < -0.39 is 39.8 Å². The van der Waals surface area contributed by atoms with Crippen LogP contribution in [-0.4, -0.2) is 78.3 Å². The minimum absolute atomic E-state index is 0.00119. The van der Waals surface area contributed by atoms with E-state index in [4.69, 9.17) is 4.74 Å². The molecule has 2 heterocycles. The first-order valence-corrected chi connectivity index (χ1v) is 16.5. The van der Waals surface area contributed by atoms with Crippen LogP contribution in [0, 0.1) is 5.92 Å². The summed E-state index contributed by atoms with van der Waals surface area (Å²) in [6, 6.07) is 8.43. The fraction of sp³-hybridized carbons (Fsp3) is 0.515. The molecule has 0 aromatic heterocycles. The number of morpholine rings is 1. The van der Waals surface area contributed by atoms with Crippen LogP contribution in [0.15, 0.2) is 52.3 Å². The molecule has 0 bridgehead atoms. The van der Waals surface area contributed by atoms with Crippen molar-refractivity contribution >= 4 is 35.3 Å². The van der Waals surface area contributed by atoms with Gasteiger partial charge in [-0.3, -0.25) is 9.59 Å². The zero-order valence-electron chi connectivity index (χ0n) is 25.6. The van der Waals surface area contributed by atoms with E-state index in [1.165, 1.54) is 11.0 Å². The molecule has 7 nitrogen and oxygen atoms in total. The summed E-state index contributed by atoms with van der Waals surface area (Å²) in [4.78, 5) is 28.3. The second-order valence-corrected chi connectivity index (χ2v) is 13.2. The molecule has 1 saturated carbocycles. The maximum absolute atomic E-state index is 14.3. The summed E-state index contributed by atoms with van der Waals surface area (Å²) < 4.78 is 91.0. The average molecular weight is 686 g/mol. The Kier molecular flexibility index (Phi) is 11.1. The van der Waals surface area contributed by atoms with Crippen molar-refractivity contribution in [1.82, 2.24) is 9.80 Å². The molecule has 0 spiro atoms. The van der Waals surface area contributed by atoms with Crippen LogP contribution < -0.4 is 5.32 Å². The first kappa shape index (κ1) is 35.1. The van der Waals surface area contributed by atoms with E-state index in [1.807, 2.05) is 4.90 Å². The van der Waals surface area contributed by atoms with E-state index in [9.17, 15) is 41.0 Å². The van der Waals surface area contributed by atoms with Gasteiger partial charge in [-0.05, 0) is 74.4 Å². The largest absolute Gasteiger partial charge is 0.418 e. The van der Waals surface area contributed by atoms with Gasteiger partial charge in [0.25, 0.3) is 0 Å². The van der Waals surface area contributed by atoms with Crippen molar-refractivity contribution in [3.05, 3.63) is 59.2 Å². The summed E-state index contributed by atoms with van der Waals surface area (Å²) in [5.74, 6) is -0.573. The molecule has 2 aromatic carbocycles. The Hall–Kier alpha value is -3.23. The van der Waals surface area contributed by atoms with Crippen molar-refractivity contribution < 1.29 is 45.8 Å². The lowest BCUT2D eigenvalue weighted by Gasteiger charge is -2.36. The smallest absolute Gasteiger partial charge is 0.393 e. The van der Waals surface area contributed by atoms with Crippen LogP contribution >= 0.6 is 11.8 Å². The molecule has 3 fully saturated rings. The number of halogens is 6. The summed E-state index contributed by atoms with van der Waals surface area (Å²) in [6.45, 7) is 2.11. The topological polar surface area (TPSA) is 82.1 Å². The average Bonchev–Trinajstić information content (AvgIpc) is 3.04. The number of anilines is 1. The fourth-order valence-electron chi connectivity index (χ4n) is 6.30. The number of carbonyl (C=O) groups is 2. The molecule has 3 aliphatic rings. The van der Waals surface area contributed by atoms with E-state index in [2.05, 4.69) is 5.32 Å². The Balaban J connectivity index is 1.29. The number of amides is 2. The highest BCUT2D eigenvalue weighted by Gasteiger charge is 2.46. The maximum Gasteiger partial charge on any atom is 0.418 e. The number of aliphatic hydroxyl groups is 1. The van der Waals surface area contributed by atoms with E-state index in [0.717, 1.165) is 24.3 Å². The van der Waals surface area contributed by atoms with Crippen molar-refractivity contribution in [2.24, 2.45) is 5.92 Å². The SMILES string of the molecule is O=C(C=Cc1ccc(Sc2cccc(NC3CCN(C(=O)C4CCC(O)CC4)CC3)c2)c(C(F)(F)F)c1C(F)(F)F)N1CCOCC1. The summed E-state index contributed by atoms with van der Waals surface area (Å²) >= 11 is 0.580. The molecule has 0 unspecified atom stereocenters. The van der Waals surface area contributed by atoms with E-state index in [-0.39, 0.29) is 50.3 Å². The predicted molar refractivity (Wildman–Crippen MR) is 165 cm³/mol. The van der Waals surface area contributed by atoms with Crippen molar-refractivity contribution in [2.75, 3.05) is 44.7 Å². The number of carbonyl (C=O) groups excluding carboxylic acids is 2. The second kappa shape index (κ2) is 14.9. The number of alkyl halides is 6. The Morgan fingerprint density at radius 1 is 0.851 bits per heavy atom. The Morgan fingerprint density at radius 3 is 2.15 bits per heavy atom. The third kappa shape index (κ3) is 9.02. The zero-order chi connectivity index (χ0) is 33.8. The van der Waals surface area contributed by atoms with Gasteiger partial charge in [-0.25, -0.2) is 0 Å². The number of nitrogens with one attached hydrogen (secondary N) is 1. The van der Waals surface area contributed by atoms with Crippen molar-refractivity contribution in [3.63, 3.8) is 0 Å². The standard InChI is InChI=1S/C33H37F6N3O4S/c34-32(35,36)29-21(7-11-28(44)41-16-18-46-19-17-41)6-10-27(30(29)33(37,38)39)47-26-3-1-2-24(20-26)40-23-12-14-42(15-13-23)31(45)22-4-8-25(43)9-5-22/h1-3,6-7,10-11,20,22-23,25,40,43H,4-5,8-9,12-19H2. The van der Waals surface area contributed by atoms with Gasteiger partial charge >= 0.3 is 12.4 Å². The maximum atomic E-state index is 14.3. The number of benzene rings is 2. The normalized spacial score (nSPS) is 21.7. The Labute approximate surface area is 273 Å². The summed E-state index contributed by atoms with van der Waals surface area (Å²) in [6.07, 6.45) is -5.44. The quantitative estimate of drug-likeness (QED) is 0.250. The van der Waals surface area contributed by atoms with Crippen LogP contribution in [0.1, 0.15) is 55.2 Å². The van der Waals surface area contributed by atoms with Gasteiger partial charge in [-0.15, -0.1) is 0 Å². The summed E-state index contributed by atoms with van der Waals surface area (Å²) in [7, 11) is 0. The van der Waals surface area contributed by atoms with Crippen LogP contribution in [-0.2, 0) is 26.7 Å². The highest BCUT2D eigenvalue weighted by Crippen LogP contribution is 2.48. The Morgan fingerprint density at radius 2 is 1.51 bits per heavy atom. The molecule has 0 atom stereocenters. The number of hydrogen-bond donors (Lipinski definition) is 2. The number of hydrogen-bond acceptors (Lipinski definition) is 6. The number of nitrogens with zero attached hydrogens (tertiary/aromatic N) is 2. The molecule has 2 N–H and O–H groups in total. The molecule has 2 amide bonds. The van der Waals surface area contributed by atoms with Crippen LogP contribution in [0.4, 0.5) is 32.0 Å². The monoisotopic (exact) mass is 685 g/mol. The van der Waals surface area contributed by atoms with Crippen molar-refractivity contribution in [3.8, 4) is 0 Å². The van der Waals surface area contributed by atoms with Gasteiger partial charge in [-0.2, -0.15) is 26.3 Å². The van der Waals surface area contributed by atoms with Crippen LogP contribution in [0.2, 0.25) is 0 Å². The number of likely N-dealkylation sites (tertiary alicyclic amines) is 1. The van der Waals surface area contributed by atoms with Crippen molar-refractivity contribution in [1.29, 1.82) is 0 Å². The van der Waals surface area contributed by atoms with Gasteiger partial charge in [0.1, 0.15) is 0 Å². The first-order chi connectivity index (χ1) is 22.3. The van der Waals surface area contributed by atoms with Gasteiger partial charge in [0.2, 0.25) is 11.8 Å². The number of piperidine rings is 1. The molecular weight excluding hydrogens is 648 g/mol. The highest BCUT2D eigenvalue weighted by atomic mass is 32.2. The van der Waals surface area contributed by atoms with Gasteiger partial charge in [0.15, 0.2) is 0 Å². The highest BCUT2D eigenvalue weighted by molar-refractivity contribution is 7.99. The minimum atomic E-state index is -5.35. The molecule has 2 aliphatic heterocycles. The second-order valence-electron chi connectivity index (χ2n) is 12.0.